The number of carbonyl (C=O) groups is 1. The third kappa shape index (κ3) is 5.46. The van der Waals surface area contributed by atoms with E-state index < -0.39 is 30.6 Å². The smallest absolute Gasteiger partial charge is 0.270 e. The van der Waals surface area contributed by atoms with Gasteiger partial charge in [0.1, 0.15) is 11.5 Å². The number of anilines is 1. The van der Waals surface area contributed by atoms with Gasteiger partial charge < -0.3 is 15.2 Å². The number of rotatable bonds is 6. The summed E-state index contributed by atoms with van der Waals surface area (Å²) in [6.07, 6.45) is -0.163. The molecule has 0 bridgehead atoms. The molecule has 0 spiro atoms. The average molecular weight is 518 g/mol. The number of halogens is 4. The Morgan fingerprint density at radius 2 is 1.86 bits per heavy atom. The highest BCUT2D eigenvalue weighted by Gasteiger charge is 2.32. The van der Waals surface area contributed by atoms with Crippen molar-refractivity contribution in [1.82, 2.24) is 20.2 Å². The maximum atomic E-state index is 14.7. The molecule has 1 atom stereocenters. The number of hydrogen-bond donors (Lipinski definition) is 2. The van der Waals surface area contributed by atoms with Crippen molar-refractivity contribution < 1.29 is 22.4 Å². The van der Waals surface area contributed by atoms with Crippen LogP contribution in [-0.4, -0.2) is 66.0 Å². The van der Waals surface area contributed by atoms with E-state index in [0.717, 1.165) is 43.4 Å². The Morgan fingerprint density at radius 3 is 2.59 bits per heavy atom. The third-order valence-electron chi connectivity index (χ3n) is 7.29. The van der Waals surface area contributed by atoms with Gasteiger partial charge in [-0.3, -0.25) is 14.5 Å². The molecule has 2 aliphatic heterocycles. The van der Waals surface area contributed by atoms with Crippen molar-refractivity contribution in [3.05, 3.63) is 69.9 Å². The predicted octanol–water partition coefficient (Wildman–Crippen LogP) is 3.65. The number of fused-ring (bicyclic) bond motifs is 1. The van der Waals surface area contributed by atoms with E-state index >= 15 is 0 Å². The number of alkyl halides is 2. The van der Waals surface area contributed by atoms with E-state index in [4.69, 9.17) is 0 Å². The van der Waals surface area contributed by atoms with Crippen LogP contribution in [0.1, 0.15) is 41.4 Å². The van der Waals surface area contributed by atoms with Crippen LogP contribution in [-0.2, 0) is 0 Å². The van der Waals surface area contributed by atoms with Crippen molar-refractivity contribution in [2.24, 2.45) is 0 Å². The van der Waals surface area contributed by atoms with Gasteiger partial charge in [-0.25, -0.2) is 18.2 Å². The van der Waals surface area contributed by atoms with Crippen LogP contribution in [0.3, 0.4) is 0 Å². The normalized spacial score (nSPS) is 19.2. The van der Waals surface area contributed by atoms with E-state index in [2.05, 4.69) is 14.9 Å². The van der Waals surface area contributed by atoms with Crippen molar-refractivity contribution in [2.75, 3.05) is 37.6 Å². The number of pyridine rings is 2. The summed E-state index contributed by atoms with van der Waals surface area (Å²) in [5, 5.41) is 3.08. The lowest BCUT2D eigenvalue weighted by molar-refractivity contribution is 0.0886. The topological polar surface area (TPSA) is 81.3 Å². The summed E-state index contributed by atoms with van der Waals surface area (Å²) in [4.78, 5) is 35.2. The molecule has 2 aromatic heterocycles. The van der Waals surface area contributed by atoms with Crippen LogP contribution in [0.4, 0.5) is 23.2 Å². The first-order valence-electron chi connectivity index (χ1n) is 12.3. The largest absolute Gasteiger partial charge is 0.368 e. The van der Waals surface area contributed by atoms with Gasteiger partial charge in [-0.05, 0) is 61.5 Å². The molecule has 37 heavy (non-hydrogen) atoms. The highest BCUT2D eigenvalue weighted by molar-refractivity contribution is 5.92. The number of nitrogens with zero attached hydrogens (tertiary/aromatic N) is 3. The number of nitrogens with one attached hydrogen (secondary N) is 2. The molecular weight excluding hydrogens is 490 g/mol. The second-order valence-corrected chi connectivity index (χ2v) is 9.59. The number of hydrogen-bond acceptors (Lipinski definition) is 5. The van der Waals surface area contributed by atoms with Crippen LogP contribution in [0.25, 0.3) is 10.8 Å². The van der Waals surface area contributed by atoms with Gasteiger partial charge in [0.15, 0.2) is 0 Å². The molecule has 4 heterocycles. The first-order valence-corrected chi connectivity index (χ1v) is 12.3. The van der Waals surface area contributed by atoms with Gasteiger partial charge in [-0.15, -0.1) is 0 Å². The van der Waals surface area contributed by atoms with Gasteiger partial charge in [0.05, 0.1) is 12.2 Å². The summed E-state index contributed by atoms with van der Waals surface area (Å²) >= 11 is 0. The van der Waals surface area contributed by atoms with Crippen LogP contribution < -0.4 is 15.8 Å². The zero-order valence-electron chi connectivity index (χ0n) is 20.0. The summed E-state index contributed by atoms with van der Waals surface area (Å²) in [6, 6.07) is 9.29. The fourth-order valence-electron chi connectivity index (χ4n) is 5.37. The lowest BCUT2D eigenvalue weighted by Gasteiger charge is -2.37. The molecule has 0 aliphatic carbocycles. The molecule has 2 fully saturated rings. The number of H-pyrrole nitrogens is 1. The van der Waals surface area contributed by atoms with Crippen LogP contribution >= 0.6 is 0 Å². The minimum absolute atomic E-state index is 0.172. The van der Waals surface area contributed by atoms with Gasteiger partial charge in [0.25, 0.3) is 17.9 Å². The van der Waals surface area contributed by atoms with Crippen molar-refractivity contribution in [3.8, 4) is 0 Å². The highest BCUT2D eigenvalue weighted by Crippen LogP contribution is 2.32. The number of amides is 1. The lowest BCUT2D eigenvalue weighted by atomic mass is 10.0. The standard InChI is InChI=1S/C26H27F4N5O2/c27-17-2-1-15-11-21(33-25(36)19(15)12-17)16-5-8-35(14-16)18-6-9-34(10-7-18)22-4-3-20(32-24(22)30)26(37)31-13-23(28)29/h1-4,11-12,16,18,23H,5-10,13-14H2,(H,31,37)(H,33,36). The zero-order chi connectivity index (χ0) is 26.1. The Hall–Kier alpha value is -3.47. The maximum Gasteiger partial charge on any atom is 0.270 e. The number of benzene rings is 1. The quantitative estimate of drug-likeness (QED) is 0.386. The molecule has 196 valence electrons. The van der Waals surface area contributed by atoms with Crippen molar-refractivity contribution in [1.29, 1.82) is 0 Å². The Bertz CT molecular complexity index is 1360. The molecule has 3 aromatic rings. The Kier molecular flexibility index (Phi) is 7.14. The molecule has 1 aromatic carbocycles. The van der Waals surface area contributed by atoms with Gasteiger partial charge >= 0.3 is 0 Å². The first kappa shape index (κ1) is 25.2. The molecule has 2 N–H and O–H groups in total. The summed E-state index contributed by atoms with van der Waals surface area (Å²) < 4.78 is 52.7. The predicted molar refractivity (Wildman–Crippen MR) is 131 cm³/mol. The first-order chi connectivity index (χ1) is 17.8. The van der Waals surface area contributed by atoms with Gasteiger partial charge in [0.2, 0.25) is 5.95 Å². The SMILES string of the molecule is O=C(NCC(F)F)c1ccc(N2CCC(N3CCC(c4cc5ccc(F)cc5c(=O)[nH]4)C3)CC2)c(F)n1. The molecule has 0 saturated carbocycles. The Balaban J connectivity index is 1.19. The van der Waals surface area contributed by atoms with Crippen LogP contribution in [0.5, 0.6) is 0 Å². The van der Waals surface area contributed by atoms with Gasteiger partial charge in [0, 0.05) is 42.7 Å². The molecule has 0 radical (unpaired) electrons. The minimum atomic E-state index is -2.69. The summed E-state index contributed by atoms with van der Waals surface area (Å²) in [7, 11) is 0. The zero-order valence-corrected chi connectivity index (χ0v) is 20.0. The summed E-state index contributed by atoms with van der Waals surface area (Å²) in [5.41, 5.74) is 0.617. The molecular formula is C26H27F4N5O2. The monoisotopic (exact) mass is 517 g/mol. The Labute approximate surface area is 210 Å². The number of likely N-dealkylation sites (tertiary alicyclic amines) is 1. The molecule has 2 saturated heterocycles. The van der Waals surface area contributed by atoms with Gasteiger partial charge in [-0.1, -0.05) is 6.07 Å². The number of aromatic amines is 1. The van der Waals surface area contributed by atoms with E-state index in [1.807, 2.05) is 16.3 Å². The molecule has 1 unspecified atom stereocenters. The highest BCUT2D eigenvalue weighted by atomic mass is 19.3. The van der Waals surface area contributed by atoms with E-state index in [1.165, 1.54) is 24.3 Å². The van der Waals surface area contributed by atoms with Crippen LogP contribution in [0.2, 0.25) is 0 Å². The fraction of sp³-hybridized carbons (Fsp3) is 0.423. The van der Waals surface area contributed by atoms with Crippen LogP contribution in [0.15, 0.2) is 41.2 Å². The molecule has 5 rings (SSSR count). The van der Waals surface area contributed by atoms with Crippen molar-refractivity contribution >= 4 is 22.4 Å². The summed E-state index contributed by atoms with van der Waals surface area (Å²) in [5.74, 6) is -1.91. The maximum absolute atomic E-state index is 14.7. The molecule has 7 nitrogen and oxygen atoms in total. The van der Waals surface area contributed by atoms with Gasteiger partial charge in [-0.2, -0.15) is 4.39 Å². The number of aromatic nitrogens is 2. The Morgan fingerprint density at radius 1 is 1.08 bits per heavy atom. The minimum Gasteiger partial charge on any atom is -0.368 e. The molecule has 1 amide bonds. The average Bonchev–Trinajstić information content (AvgIpc) is 3.38. The van der Waals surface area contributed by atoms with E-state index in [-0.39, 0.29) is 22.9 Å². The lowest BCUT2D eigenvalue weighted by Crippen LogP contribution is -2.44. The van der Waals surface area contributed by atoms with E-state index in [0.29, 0.717) is 24.5 Å². The van der Waals surface area contributed by atoms with E-state index in [9.17, 15) is 27.2 Å². The van der Waals surface area contributed by atoms with Crippen molar-refractivity contribution in [3.63, 3.8) is 0 Å². The second kappa shape index (κ2) is 10.5. The molecule has 11 heteroatoms. The van der Waals surface area contributed by atoms with E-state index in [1.54, 1.807) is 6.07 Å². The fourth-order valence-corrected chi connectivity index (χ4v) is 5.37. The number of carbonyl (C=O) groups excluding carboxylic acids is 1. The number of piperidine rings is 1. The second-order valence-electron chi connectivity index (χ2n) is 9.59. The van der Waals surface area contributed by atoms with Crippen molar-refractivity contribution in [2.45, 2.75) is 37.6 Å². The summed E-state index contributed by atoms with van der Waals surface area (Å²) in [6.45, 7) is 2.09. The third-order valence-corrected chi connectivity index (χ3v) is 7.29. The molecule has 2 aliphatic rings. The van der Waals surface area contributed by atoms with Crippen LogP contribution in [0, 0.1) is 11.8 Å².